The molecule has 4 heteroatoms. The zero-order valence-corrected chi connectivity index (χ0v) is 8.38. The third kappa shape index (κ3) is 1.09. The molecule has 2 aromatic rings. The fraction of sp³-hybridized carbons (Fsp3) is 0. The lowest BCUT2D eigenvalue weighted by Gasteiger charge is -2.01. The van der Waals surface area contributed by atoms with Crippen molar-refractivity contribution in [1.29, 1.82) is 0 Å². The molecule has 1 N–H and O–H groups in total. The van der Waals surface area contributed by atoms with Crippen molar-refractivity contribution in [1.82, 2.24) is 0 Å². The molecule has 1 heterocycles. The number of rotatable bonds is 0. The number of hydrogen-bond acceptors (Lipinski definition) is 3. The van der Waals surface area contributed by atoms with E-state index in [9.17, 15) is 5.11 Å². The van der Waals surface area contributed by atoms with Gasteiger partial charge in [0.15, 0.2) is 0 Å². The molecule has 0 amide bonds. The highest BCUT2D eigenvalue weighted by Crippen LogP contribution is 2.38. The van der Waals surface area contributed by atoms with Crippen LogP contribution in [0.4, 0.5) is 0 Å². The summed E-state index contributed by atoms with van der Waals surface area (Å²) in [5.41, 5.74) is 0. The second-order valence-electron chi connectivity index (χ2n) is 2.39. The molecule has 0 aliphatic rings. The predicted octanol–water partition coefficient (Wildman–Crippen LogP) is 3.55. The van der Waals surface area contributed by atoms with Gasteiger partial charge in [-0.1, -0.05) is 11.6 Å². The minimum Gasteiger partial charge on any atom is -0.505 e. The van der Waals surface area contributed by atoms with Crippen LogP contribution in [0.5, 0.6) is 5.75 Å². The molecular formula is C8H5ClOS2. The molecule has 0 bridgehead atoms. The maximum Gasteiger partial charge on any atom is 0.148 e. The van der Waals surface area contributed by atoms with Crippen LogP contribution in [0, 0.1) is 0 Å². The number of phenolic OH excluding ortho intramolecular Hbond substituents is 1. The minimum atomic E-state index is 0.0610. The van der Waals surface area contributed by atoms with Crippen molar-refractivity contribution in [3.63, 3.8) is 0 Å². The molecule has 1 aromatic carbocycles. The van der Waals surface area contributed by atoms with Crippen molar-refractivity contribution in [2.45, 2.75) is 4.90 Å². The molecule has 1 aromatic heterocycles. The van der Waals surface area contributed by atoms with Crippen LogP contribution in [-0.4, -0.2) is 5.11 Å². The molecule has 0 fully saturated rings. The van der Waals surface area contributed by atoms with Gasteiger partial charge < -0.3 is 5.11 Å². The zero-order chi connectivity index (χ0) is 8.72. The monoisotopic (exact) mass is 216 g/mol. The van der Waals surface area contributed by atoms with Crippen LogP contribution >= 0.6 is 35.6 Å². The number of hydrogen-bond donors (Lipinski definition) is 2. The summed E-state index contributed by atoms with van der Waals surface area (Å²) in [4.78, 5) is 0.554. The number of aromatic hydroxyl groups is 1. The molecule has 2 rings (SSSR count). The van der Waals surface area contributed by atoms with Gasteiger partial charge in [-0.05, 0) is 17.5 Å². The smallest absolute Gasteiger partial charge is 0.148 e. The molecule has 0 radical (unpaired) electrons. The highest BCUT2D eigenvalue weighted by atomic mass is 35.5. The van der Waals surface area contributed by atoms with Gasteiger partial charge in [0.2, 0.25) is 0 Å². The van der Waals surface area contributed by atoms with E-state index in [1.807, 2.05) is 11.4 Å². The second kappa shape index (κ2) is 2.83. The Morgan fingerprint density at radius 3 is 3.00 bits per heavy atom. The van der Waals surface area contributed by atoms with Crippen LogP contribution in [0.3, 0.4) is 0 Å². The minimum absolute atomic E-state index is 0.0610. The van der Waals surface area contributed by atoms with Gasteiger partial charge in [0.1, 0.15) is 5.75 Å². The van der Waals surface area contributed by atoms with E-state index in [0.717, 1.165) is 10.1 Å². The Hall–Kier alpha value is -0.380. The molecular weight excluding hydrogens is 212 g/mol. The Morgan fingerprint density at radius 2 is 2.25 bits per heavy atom. The Kier molecular flexibility index (Phi) is 1.94. The van der Waals surface area contributed by atoms with Crippen molar-refractivity contribution in [3.05, 3.63) is 22.5 Å². The summed E-state index contributed by atoms with van der Waals surface area (Å²) in [5.74, 6) is 0.0610. The van der Waals surface area contributed by atoms with Gasteiger partial charge in [-0.2, -0.15) is 0 Å². The van der Waals surface area contributed by atoms with Crippen LogP contribution < -0.4 is 0 Å². The topological polar surface area (TPSA) is 20.2 Å². The first-order valence-corrected chi connectivity index (χ1v) is 4.98. The highest BCUT2D eigenvalue weighted by molar-refractivity contribution is 7.80. The van der Waals surface area contributed by atoms with Gasteiger partial charge in [-0.15, -0.1) is 24.0 Å². The Bertz CT molecular complexity index is 436. The van der Waals surface area contributed by atoms with E-state index in [0.29, 0.717) is 9.92 Å². The summed E-state index contributed by atoms with van der Waals surface area (Å²) in [7, 11) is 0. The first kappa shape index (κ1) is 8.23. The zero-order valence-electron chi connectivity index (χ0n) is 5.91. The first-order valence-electron chi connectivity index (χ1n) is 3.28. The molecule has 0 saturated heterocycles. The van der Waals surface area contributed by atoms with Gasteiger partial charge in [-0.3, -0.25) is 0 Å². The average Bonchev–Trinajstić information content (AvgIpc) is 2.48. The van der Waals surface area contributed by atoms with Crippen LogP contribution in [0.1, 0.15) is 0 Å². The van der Waals surface area contributed by atoms with E-state index in [2.05, 4.69) is 12.6 Å². The van der Waals surface area contributed by atoms with E-state index >= 15 is 0 Å². The molecule has 0 atom stereocenters. The summed E-state index contributed by atoms with van der Waals surface area (Å²) < 4.78 is 1.04. The van der Waals surface area contributed by atoms with Gasteiger partial charge in [0, 0.05) is 10.1 Å². The Morgan fingerprint density at radius 1 is 1.50 bits per heavy atom. The highest BCUT2D eigenvalue weighted by Gasteiger charge is 2.08. The third-order valence-electron chi connectivity index (χ3n) is 1.66. The van der Waals surface area contributed by atoms with Crippen LogP contribution in [0.15, 0.2) is 22.4 Å². The van der Waals surface area contributed by atoms with Crippen LogP contribution in [-0.2, 0) is 0 Å². The Labute approximate surface area is 84.0 Å². The molecule has 0 aliphatic carbocycles. The molecule has 1 nitrogen and oxygen atoms in total. The summed E-state index contributed by atoms with van der Waals surface area (Å²) in [5, 5.41) is 12.7. The van der Waals surface area contributed by atoms with Crippen molar-refractivity contribution in [2.24, 2.45) is 0 Å². The van der Waals surface area contributed by atoms with Crippen molar-refractivity contribution in [2.75, 3.05) is 0 Å². The van der Waals surface area contributed by atoms with Gasteiger partial charge in [0.25, 0.3) is 0 Å². The lowest BCUT2D eigenvalue weighted by atomic mass is 10.2. The first-order chi connectivity index (χ1) is 5.70. The number of halogens is 1. The number of benzene rings is 1. The van der Waals surface area contributed by atoms with Gasteiger partial charge >= 0.3 is 0 Å². The number of thiophene rings is 1. The standard InChI is InChI=1S/C8H5ClOS2/c9-5-3-6-4(1-2-12-6)8(11)7(5)10/h1-3,10-11H. The molecule has 0 unspecified atom stereocenters. The molecule has 0 saturated carbocycles. The summed E-state index contributed by atoms with van der Waals surface area (Å²) in [6.45, 7) is 0. The van der Waals surface area contributed by atoms with Gasteiger partial charge in [0.05, 0.1) is 9.92 Å². The fourth-order valence-corrected chi connectivity index (χ4v) is 2.61. The van der Waals surface area contributed by atoms with Crippen LogP contribution in [0.25, 0.3) is 10.1 Å². The van der Waals surface area contributed by atoms with Crippen molar-refractivity contribution >= 4 is 45.7 Å². The fourth-order valence-electron chi connectivity index (χ4n) is 1.05. The summed E-state index contributed by atoms with van der Waals surface area (Å²) in [6, 6.07) is 3.66. The number of thiol groups is 1. The van der Waals surface area contributed by atoms with E-state index in [-0.39, 0.29) is 5.75 Å². The summed E-state index contributed by atoms with van der Waals surface area (Å²) >= 11 is 11.5. The quantitative estimate of drug-likeness (QED) is 0.646. The molecule has 62 valence electrons. The maximum atomic E-state index is 9.42. The van der Waals surface area contributed by atoms with Crippen molar-refractivity contribution in [3.8, 4) is 5.75 Å². The second-order valence-corrected chi connectivity index (χ2v) is 4.19. The van der Waals surface area contributed by atoms with E-state index < -0.39 is 0 Å². The molecule has 0 spiro atoms. The maximum absolute atomic E-state index is 9.42. The number of fused-ring (bicyclic) bond motifs is 1. The normalized spacial score (nSPS) is 10.8. The average molecular weight is 217 g/mol. The lowest BCUT2D eigenvalue weighted by molar-refractivity contribution is 0.464. The predicted molar refractivity (Wildman–Crippen MR) is 55.8 cm³/mol. The largest absolute Gasteiger partial charge is 0.505 e. The van der Waals surface area contributed by atoms with E-state index in [1.54, 1.807) is 17.4 Å². The van der Waals surface area contributed by atoms with Crippen molar-refractivity contribution < 1.29 is 5.11 Å². The molecule has 0 aliphatic heterocycles. The molecule has 12 heavy (non-hydrogen) atoms. The Balaban J connectivity index is 2.94. The van der Waals surface area contributed by atoms with Crippen LogP contribution in [0.2, 0.25) is 5.02 Å². The van der Waals surface area contributed by atoms with E-state index in [1.165, 1.54) is 0 Å². The number of phenols is 1. The van der Waals surface area contributed by atoms with Gasteiger partial charge in [-0.25, -0.2) is 0 Å². The lowest BCUT2D eigenvalue weighted by Crippen LogP contribution is -1.72. The SMILES string of the molecule is Oc1c(Cl)cc2sccc2c1S. The summed E-state index contributed by atoms with van der Waals surface area (Å²) in [6.07, 6.45) is 0. The van der Waals surface area contributed by atoms with E-state index in [4.69, 9.17) is 11.6 Å². The third-order valence-corrected chi connectivity index (χ3v) is 3.26.